The van der Waals surface area contributed by atoms with Crippen LogP contribution in [0.1, 0.15) is 44.4 Å². The van der Waals surface area contributed by atoms with Crippen molar-refractivity contribution in [3.63, 3.8) is 0 Å². The number of amides is 4. The van der Waals surface area contributed by atoms with Crippen LogP contribution in [0.5, 0.6) is 0 Å². The maximum Gasteiger partial charge on any atom is 0.269 e. The zero-order valence-corrected chi connectivity index (χ0v) is 18.0. The molecule has 8 nitrogen and oxygen atoms in total. The Morgan fingerprint density at radius 3 is 1.82 bits per heavy atom. The normalized spacial score (nSPS) is 11.1. The number of anilines is 1. The second-order valence-electron chi connectivity index (χ2n) is 7.11. The van der Waals surface area contributed by atoms with Crippen LogP contribution in [0.15, 0.2) is 84.9 Å². The molecular weight excluding hydrogens is 420 g/mol. The highest BCUT2D eigenvalue weighted by molar-refractivity contribution is 6.09. The average molecular weight is 444 g/mol. The van der Waals surface area contributed by atoms with Gasteiger partial charge in [-0.3, -0.25) is 30.0 Å². The molecule has 3 rings (SSSR count). The Morgan fingerprint density at radius 1 is 0.667 bits per heavy atom. The van der Waals surface area contributed by atoms with Gasteiger partial charge in [-0.05, 0) is 42.8 Å². The molecule has 0 aliphatic carbocycles. The molecule has 0 aromatic heterocycles. The molecule has 0 aliphatic rings. The molecule has 0 unspecified atom stereocenters. The molecule has 0 fully saturated rings. The van der Waals surface area contributed by atoms with Crippen LogP contribution < -0.4 is 21.5 Å². The summed E-state index contributed by atoms with van der Waals surface area (Å²) in [6, 6.07) is 22.7. The van der Waals surface area contributed by atoms with E-state index in [1.54, 1.807) is 91.9 Å². The molecule has 0 saturated heterocycles. The third-order valence-electron chi connectivity index (χ3n) is 4.82. The molecule has 4 N–H and O–H groups in total. The highest BCUT2D eigenvalue weighted by Gasteiger charge is 2.22. The Bertz CT molecular complexity index is 1130. The van der Waals surface area contributed by atoms with Gasteiger partial charge in [-0.1, -0.05) is 55.5 Å². The van der Waals surface area contributed by atoms with Gasteiger partial charge in [0, 0.05) is 11.1 Å². The third kappa shape index (κ3) is 6.27. The van der Waals surface area contributed by atoms with Crippen molar-refractivity contribution < 1.29 is 19.2 Å². The minimum absolute atomic E-state index is 0.210. The van der Waals surface area contributed by atoms with E-state index in [1.165, 1.54) is 0 Å². The lowest BCUT2D eigenvalue weighted by atomic mass is 10.1. The number of hydrazine groups is 1. The van der Waals surface area contributed by atoms with Gasteiger partial charge in [0.25, 0.3) is 23.6 Å². The first-order valence-corrected chi connectivity index (χ1v) is 10.4. The summed E-state index contributed by atoms with van der Waals surface area (Å²) in [5, 5.41) is 5.38. The number of para-hydroxylation sites is 1. The van der Waals surface area contributed by atoms with E-state index in [2.05, 4.69) is 21.5 Å². The molecule has 0 heterocycles. The van der Waals surface area contributed by atoms with Crippen molar-refractivity contribution in [2.24, 2.45) is 0 Å². The van der Waals surface area contributed by atoms with Gasteiger partial charge in [-0.25, -0.2) is 0 Å². The van der Waals surface area contributed by atoms with Crippen molar-refractivity contribution in [2.75, 3.05) is 5.32 Å². The molecular formula is C25H24N4O4. The van der Waals surface area contributed by atoms with Crippen LogP contribution in [0.2, 0.25) is 0 Å². The topological polar surface area (TPSA) is 116 Å². The van der Waals surface area contributed by atoms with Gasteiger partial charge >= 0.3 is 0 Å². The SMILES string of the molecule is CC[C@@H](NC(=O)c1ccccc1NC(=O)c1ccccc1)C(=O)NNC(=O)c1ccccc1. The molecule has 8 heteroatoms. The molecule has 4 amide bonds. The molecule has 0 spiro atoms. The largest absolute Gasteiger partial charge is 0.340 e. The molecule has 168 valence electrons. The van der Waals surface area contributed by atoms with E-state index in [0.29, 0.717) is 16.8 Å². The van der Waals surface area contributed by atoms with Crippen LogP contribution in [0.4, 0.5) is 5.69 Å². The van der Waals surface area contributed by atoms with Crippen LogP contribution in [0, 0.1) is 0 Å². The van der Waals surface area contributed by atoms with Crippen molar-refractivity contribution in [2.45, 2.75) is 19.4 Å². The fraction of sp³-hybridized carbons (Fsp3) is 0.120. The molecule has 0 saturated carbocycles. The molecule has 0 bridgehead atoms. The van der Waals surface area contributed by atoms with Crippen LogP contribution in [-0.4, -0.2) is 29.7 Å². The second-order valence-corrected chi connectivity index (χ2v) is 7.11. The van der Waals surface area contributed by atoms with E-state index in [1.807, 2.05) is 0 Å². The second kappa shape index (κ2) is 11.2. The minimum atomic E-state index is -0.897. The monoisotopic (exact) mass is 444 g/mol. The highest BCUT2D eigenvalue weighted by atomic mass is 16.2. The molecule has 1 atom stereocenters. The van der Waals surface area contributed by atoms with E-state index >= 15 is 0 Å². The Morgan fingerprint density at radius 2 is 1.21 bits per heavy atom. The van der Waals surface area contributed by atoms with Crippen molar-refractivity contribution in [3.8, 4) is 0 Å². The Labute approximate surface area is 191 Å². The molecule has 3 aromatic carbocycles. The Balaban J connectivity index is 1.63. The van der Waals surface area contributed by atoms with E-state index < -0.39 is 23.8 Å². The summed E-state index contributed by atoms with van der Waals surface area (Å²) in [5.74, 6) is -1.93. The van der Waals surface area contributed by atoms with Crippen LogP contribution in [0.25, 0.3) is 0 Å². The average Bonchev–Trinajstić information content (AvgIpc) is 2.86. The van der Waals surface area contributed by atoms with Gasteiger partial charge in [0.05, 0.1) is 11.3 Å². The number of carbonyl (C=O) groups excluding carboxylic acids is 4. The van der Waals surface area contributed by atoms with Gasteiger partial charge in [0.2, 0.25) is 0 Å². The molecule has 3 aromatic rings. The van der Waals surface area contributed by atoms with Gasteiger partial charge < -0.3 is 10.6 Å². The predicted octanol–water partition coefficient (Wildman–Crippen LogP) is 2.91. The summed E-state index contributed by atoms with van der Waals surface area (Å²) >= 11 is 0. The van der Waals surface area contributed by atoms with E-state index in [0.717, 1.165) is 0 Å². The van der Waals surface area contributed by atoms with E-state index in [4.69, 9.17) is 0 Å². The maximum absolute atomic E-state index is 12.9. The smallest absolute Gasteiger partial charge is 0.269 e. The maximum atomic E-state index is 12.9. The zero-order valence-electron chi connectivity index (χ0n) is 18.0. The summed E-state index contributed by atoms with van der Waals surface area (Å²) in [4.78, 5) is 50.0. The van der Waals surface area contributed by atoms with Crippen molar-refractivity contribution in [3.05, 3.63) is 102 Å². The Hall–Kier alpha value is -4.46. The highest BCUT2D eigenvalue weighted by Crippen LogP contribution is 2.17. The summed E-state index contributed by atoms with van der Waals surface area (Å²) in [6.07, 6.45) is 0.289. The van der Waals surface area contributed by atoms with Crippen LogP contribution in [0.3, 0.4) is 0 Å². The number of nitrogens with one attached hydrogen (secondary N) is 4. The van der Waals surface area contributed by atoms with Gasteiger partial charge in [-0.2, -0.15) is 0 Å². The number of benzene rings is 3. The number of carbonyl (C=O) groups is 4. The first-order chi connectivity index (χ1) is 16.0. The van der Waals surface area contributed by atoms with Gasteiger partial charge in [0.1, 0.15) is 6.04 Å². The van der Waals surface area contributed by atoms with E-state index in [9.17, 15) is 19.2 Å². The molecule has 0 aliphatic heterocycles. The first kappa shape index (κ1) is 23.2. The van der Waals surface area contributed by atoms with Crippen LogP contribution >= 0.6 is 0 Å². The minimum Gasteiger partial charge on any atom is -0.340 e. The number of hydrogen-bond acceptors (Lipinski definition) is 4. The summed E-state index contributed by atoms with van der Waals surface area (Å²) < 4.78 is 0. The quantitative estimate of drug-likeness (QED) is 0.419. The van der Waals surface area contributed by atoms with Crippen LogP contribution in [-0.2, 0) is 4.79 Å². The molecule has 33 heavy (non-hydrogen) atoms. The van der Waals surface area contributed by atoms with E-state index in [-0.39, 0.29) is 17.9 Å². The molecule has 0 radical (unpaired) electrons. The number of rotatable bonds is 7. The van der Waals surface area contributed by atoms with Gasteiger partial charge in [-0.15, -0.1) is 0 Å². The van der Waals surface area contributed by atoms with Crippen molar-refractivity contribution in [1.82, 2.24) is 16.2 Å². The van der Waals surface area contributed by atoms with Gasteiger partial charge in [0.15, 0.2) is 0 Å². The Kier molecular flexibility index (Phi) is 7.91. The fourth-order valence-corrected chi connectivity index (χ4v) is 3.03. The summed E-state index contributed by atoms with van der Waals surface area (Å²) in [5.41, 5.74) is 6.03. The standard InChI is InChI=1S/C25H24N4O4/c1-2-20(25(33)29-28-23(31)18-13-7-4-8-14-18)26-24(32)19-15-9-10-16-21(19)27-22(30)17-11-5-3-6-12-17/h3-16,20H,2H2,1H3,(H,26,32)(H,27,30)(H,28,31)(H,29,33)/t20-/m1/s1. The summed E-state index contributed by atoms with van der Waals surface area (Å²) in [7, 11) is 0. The number of hydrogen-bond donors (Lipinski definition) is 4. The first-order valence-electron chi connectivity index (χ1n) is 10.4. The lowest BCUT2D eigenvalue weighted by Gasteiger charge is -2.18. The fourth-order valence-electron chi connectivity index (χ4n) is 3.03. The van der Waals surface area contributed by atoms with Crippen molar-refractivity contribution in [1.29, 1.82) is 0 Å². The summed E-state index contributed by atoms with van der Waals surface area (Å²) in [6.45, 7) is 1.73. The lowest BCUT2D eigenvalue weighted by molar-refractivity contribution is -0.123. The van der Waals surface area contributed by atoms with Crippen molar-refractivity contribution >= 4 is 29.3 Å². The lowest BCUT2D eigenvalue weighted by Crippen LogP contribution is -2.52. The predicted molar refractivity (Wildman–Crippen MR) is 124 cm³/mol. The zero-order chi connectivity index (χ0) is 23.6. The third-order valence-corrected chi connectivity index (χ3v) is 4.82.